The van der Waals surface area contributed by atoms with Gasteiger partial charge in [0.25, 0.3) is 0 Å². The summed E-state index contributed by atoms with van der Waals surface area (Å²) >= 11 is 0. The van der Waals surface area contributed by atoms with Crippen LogP contribution in [0.1, 0.15) is 54.9 Å². The van der Waals surface area contributed by atoms with Gasteiger partial charge in [0.1, 0.15) is 5.82 Å². The van der Waals surface area contributed by atoms with Crippen LogP contribution in [0.4, 0.5) is 4.39 Å². The molecule has 0 saturated carbocycles. The van der Waals surface area contributed by atoms with E-state index in [0.29, 0.717) is 16.6 Å². The van der Waals surface area contributed by atoms with Crippen molar-refractivity contribution in [2.75, 3.05) is 0 Å². The normalized spacial score (nSPS) is 11.0. The van der Waals surface area contributed by atoms with E-state index in [-0.39, 0.29) is 5.82 Å². The van der Waals surface area contributed by atoms with Gasteiger partial charge in [0, 0.05) is 22.7 Å². The number of aromatic nitrogens is 1. The zero-order valence-electron chi connectivity index (χ0n) is 15.2. The van der Waals surface area contributed by atoms with Crippen LogP contribution >= 0.6 is 0 Å². The molecular formula is C23H24FNO. The van der Waals surface area contributed by atoms with Crippen molar-refractivity contribution in [3.63, 3.8) is 0 Å². The van der Waals surface area contributed by atoms with Crippen molar-refractivity contribution in [2.45, 2.75) is 45.4 Å². The fourth-order valence-electron chi connectivity index (χ4n) is 3.39. The molecule has 0 radical (unpaired) electrons. The Balaban J connectivity index is 1.86. The van der Waals surface area contributed by atoms with Gasteiger partial charge in [0.2, 0.25) is 0 Å². The molecule has 0 atom stereocenters. The minimum Gasteiger partial charge on any atom is -0.298 e. The zero-order chi connectivity index (χ0) is 18.4. The Bertz CT molecular complexity index is 904. The first-order chi connectivity index (χ1) is 12.7. The summed E-state index contributed by atoms with van der Waals surface area (Å²) in [6.45, 7) is 2.20. The molecule has 2 nitrogen and oxygen atoms in total. The highest BCUT2D eigenvalue weighted by Crippen LogP contribution is 2.31. The van der Waals surface area contributed by atoms with Crippen LogP contribution in [-0.2, 0) is 6.42 Å². The summed E-state index contributed by atoms with van der Waals surface area (Å²) in [5.41, 5.74) is 3.49. The number of hydrogen-bond acceptors (Lipinski definition) is 2. The molecule has 2 aromatic carbocycles. The minimum atomic E-state index is -0.222. The number of benzene rings is 2. The van der Waals surface area contributed by atoms with Gasteiger partial charge in [-0.25, -0.2) is 4.39 Å². The maximum Gasteiger partial charge on any atom is 0.152 e. The van der Waals surface area contributed by atoms with Crippen LogP contribution in [0.15, 0.2) is 48.7 Å². The van der Waals surface area contributed by atoms with E-state index < -0.39 is 0 Å². The quantitative estimate of drug-likeness (QED) is 0.349. The fourth-order valence-corrected chi connectivity index (χ4v) is 3.39. The number of hydrogen-bond donors (Lipinski definition) is 0. The lowest BCUT2D eigenvalue weighted by Gasteiger charge is -2.10. The summed E-state index contributed by atoms with van der Waals surface area (Å²) in [6.07, 6.45) is 9.39. The lowest BCUT2D eigenvalue weighted by atomic mass is 9.96. The highest BCUT2D eigenvalue weighted by Gasteiger charge is 2.12. The fraction of sp³-hybridized carbons (Fsp3) is 0.304. The molecule has 26 heavy (non-hydrogen) atoms. The molecule has 0 amide bonds. The van der Waals surface area contributed by atoms with Gasteiger partial charge in [-0.2, -0.15) is 0 Å². The third-order valence-electron chi connectivity index (χ3n) is 4.82. The zero-order valence-corrected chi connectivity index (χ0v) is 15.2. The van der Waals surface area contributed by atoms with Crippen LogP contribution in [0, 0.1) is 5.82 Å². The molecule has 134 valence electrons. The van der Waals surface area contributed by atoms with E-state index in [0.717, 1.165) is 35.6 Å². The molecule has 0 aliphatic carbocycles. The second-order valence-corrected chi connectivity index (χ2v) is 6.70. The Morgan fingerprint density at radius 1 is 1.00 bits per heavy atom. The lowest BCUT2D eigenvalue weighted by molar-refractivity contribution is 0.112. The average molecular weight is 349 g/mol. The summed E-state index contributed by atoms with van der Waals surface area (Å²) in [5.74, 6) is -0.222. The Hall–Kier alpha value is -2.55. The van der Waals surface area contributed by atoms with Crippen molar-refractivity contribution < 1.29 is 9.18 Å². The predicted molar refractivity (Wildman–Crippen MR) is 105 cm³/mol. The molecule has 0 spiro atoms. The summed E-state index contributed by atoms with van der Waals surface area (Å²) in [7, 11) is 0. The van der Waals surface area contributed by atoms with Crippen molar-refractivity contribution in [2.24, 2.45) is 0 Å². The third-order valence-corrected chi connectivity index (χ3v) is 4.82. The molecule has 0 unspecified atom stereocenters. The summed E-state index contributed by atoms with van der Waals surface area (Å²) in [6, 6.07) is 12.7. The van der Waals surface area contributed by atoms with E-state index in [1.165, 1.54) is 25.7 Å². The van der Waals surface area contributed by atoms with E-state index in [1.54, 1.807) is 24.4 Å². The number of carbonyl (C=O) groups is 1. The molecule has 3 rings (SSSR count). The molecule has 1 aromatic heterocycles. The van der Waals surface area contributed by atoms with Crippen molar-refractivity contribution in [3.8, 4) is 11.1 Å². The third kappa shape index (κ3) is 3.98. The highest BCUT2D eigenvalue weighted by molar-refractivity contribution is 6.03. The molecule has 0 aliphatic heterocycles. The van der Waals surface area contributed by atoms with Gasteiger partial charge in [-0.15, -0.1) is 0 Å². The smallest absolute Gasteiger partial charge is 0.152 e. The predicted octanol–water partition coefficient (Wildman–Crippen LogP) is 6.37. The van der Waals surface area contributed by atoms with Gasteiger partial charge in [0.15, 0.2) is 6.29 Å². The van der Waals surface area contributed by atoms with Gasteiger partial charge < -0.3 is 0 Å². The van der Waals surface area contributed by atoms with Crippen LogP contribution in [-0.4, -0.2) is 11.3 Å². The first-order valence-corrected chi connectivity index (χ1v) is 9.36. The molecular weight excluding hydrogens is 325 g/mol. The number of fused-ring (bicyclic) bond motifs is 1. The van der Waals surface area contributed by atoms with Gasteiger partial charge in [-0.3, -0.25) is 9.78 Å². The molecule has 0 fully saturated rings. The molecule has 3 heteroatoms. The SMILES string of the molecule is CCCCCCCc1ccc(-c2ccc(C=O)c3ncccc23)c(F)c1. The van der Waals surface area contributed by atoms with Gasteiger partial charge in [-0.05, 0) is 42.2 Å². The van der Waals surface area contributed by atoms with E-state index >= 15 is 0 Å². The number of rotatable bonds is 8. The number of aryl methyl sites for hydroxylation is 1. The minimum absolute atomic E-state index is 0.222. The van der Waals surface area contributed by atoms with E-state index in [9.17, 15) is 9.18 Å². The number of carbonyl (C=O) groups excluding carboxylic acids is 1. The summed E-state index contributed by atoms with van der Waals surface area (Å²) < 4.78 is 14.8. The number of aldehydes is 1. The second kappa shape index (κ2) is 8.70. The topological polar surface area (TPSA) is 30.0 Å². The van der Waals surface area contributed by atoms with Gasteiger partial charge in [-0.1, -0.05) is 56.9 Å². The standard InChI is InChI=1S/C23H24FNO/c1-2-3-4-5-6-8-17-10-12-20(22(24)15-17)19-13-11-18(16-26)23-21(19)9-7-14-25-23/h7,9-16H,2-6,8H2,1H3. The van der Waals surface area contributed by atoms with Crippen LogP contribution in [0.3, 0.4) is 0 Å². The number of nitrogens with zero attached hydrogens (tertiary/aromatic N) is 1. The number of pyridine rings is 1. The first kappa shape index (κ1) is 18.2. The van der Waals surface area contributed by atoms with E-state index in [4.69, 9.17) is 0 Å². The van der Waals surface area contributed by atoms with Crippen molar-refractivity contribution >= 4 is 17.2 Å². The Kier molecular flexibility index (Phi) is 6.11. The largest absolute Gasteiger partial charge is 0.298 e. The Morgan fingerprint density at radius 3 is 2.58 bits per heavy atom. The van der Waals surface area contributed by atoms with E-state index in [2.05, 4.69) is 11.9 Å². The summed E-state index contributed by atoms with van der Waals surface area (Å²) in [5, 5.41) is 0.795. The van der Waals surface area contributed by atoms with Crippen LogP contribution in [0.2, 0.25) is 0 Å². The van der Waals surface area contributed by atoms with Crippen LogP contribution in [0.5, 0.6) is 0 Å². The monoisotopic (exact) mass is 349 g/mol. The van der Waals surface area contributed by atoms with E-state index in [1.807, 2.05) is 24.3 Å². The second-order valence-electron chi connectivity index (χ2n) is 6.70. The van der Waals surface area contributed by atoms with Crippen LogP contribution in [0.25, 0.3) is 22.0 Å². The first-order valence-electron chi connectivity index (χ1n) is 9.36. The number of halogens is 1. The number of unbranched alkanes of at least 4 members (excludes halogenated alkanes) is 4. The molecule has 0 aliphatic rings. The molecule has 1 heterocycles. The summed E-state index contributed by atoms with van der Waals surface area (Å²) in [4.78, 5) is 15.5. The Morgan fingerprint density at radius 2 is 1.81 bits per heavy atom. The lowest BCUT2D eigenvalue weighted by Crippen LogP contribution is -1.94. The van der Waals surface area contributed by atoms with Gasteiger partial charge >= 0.3 is 0 Å². The Labute approximate surface area is 154 Å². The molecule has 3 aromatic rings. The maximum absolute atomic E-state index is 14.8. The van der Waals surface area contributed by atoms with Crippen LogP contribution < -0.4 is 0 Å². The highest BCUT2D eigenvalue weighted by atomic mass is 19.1. The van der Waals surface area contributed by atoms with Crippen molar-refractivity contribution in [3.05, 3.63) is 65.6 Å². The van der Waals surface area contributed by atoms with Crippen molar-refractivity contribution in [1.29, 1.82) is 0 Å². The molecule has 0 N–H and O–H groups in total. The van der Waals surface area contributed by atoms with Crippen molar-refractivity contribution in [1.82, 2.24) is 4.98 Å². The molecule has 0 bridgehead atoms. The average Bonchev–Trinajstić information content (AvgIpc) is 2.67. The van der Waals surface area contributed by atoms with Gasteiger partial charge in [0.05, 0.1) is 5.52 Å². The maximum atomic E-state index is 14.8. The molecule has 0 saturated heterocycles.